The van der Waals surface area contributed by atoms with Crippen molar-refractivity contribution in [1.29, 1.82) is 0 Å². The summed E-state index contributed by atoms with van der Waals surface area (Å²) in [5.74, 6) is -1.84. The van der Waals surface area contributed by atoms with Gasteiger partial charge in [0, 0.05) is 27.8 Å². The number of hydrogen-bond donors (Lipinski definition) is 2. The number of aliphatic hydroxyl groups excluding tert-OH is 1. The number of nitrogens with zero attached hydrogens (tertiary/aromatic N) is 4. The summed E-state index contributed by atoms with van der Waals surface area (Å²) in [6.45, 7) is 15.7. The van der Waals surface area contributed by atoms with Gasteiger partial charge < -0.3 is 29.7 Å². The number of aliphatic imine (C=N–C) groups is 1. The topological polar surface area (TPSA) is 141 Å². The lowest BCUT2D eigenvalue weighted by atomic mass is 9.89. The number of carbonyl (C=O) groups excluding carboxylic acids is 4. The zero-order valence-corrected chi connectivity index (χ0v) is 34.0. The molecule has 0 spiro atoms. The summed E-state index contributed by atoms with van der Waals surface area (Å²) in [6, 6.07) is 7.06. The summed E-state index contributed by atoms with van der Waals surface area (Å²) in [4.78, 5) is 64.7. The Hall–Kier alpha value is -3.19. The maximum Gasteiger partial charge on any atom is 0.251 e. The van der Waals surface area contributed by atoms with Gasteiger partial charge in [0.1, 0.15) is 12.1 Å². The van der Waals surface area contributed by atoms with Crippen LogP contribution in [0.2, 0.25) is 0 Å². The molecule has 5 unspecified atom stereocenters. The molecule has 294 valence electrons. The van der Waals surface area contributed by atoms with E-state index in [2.05, 4.69) is 10.3 Å². The van der Waals surface area contributed by atoms with E-state index >= 15 is 0 Å². The first-order valence-corrected chi connectivity index (χ1v) is 18.8. The van der Waals surface area contributed by atoms with Crippen molar-refractivity contribution in [3.8, 4) is 0 Å². The van der Waals surface area contributed by atoms with Gasteiger partial charge in [0.2, 0.25) is 17.7 Å². The summed E-state index contributed by atoms with van der Waals surface area (Å²) in [5.41, 5.74) is 0.927. The predicted octanol–water partition coefficient (Wildman–Crippen LogP) is 4.35. The van der Waals surface area contributed by atoms with Gasteiger partial charge in [0.25, 0.3) is 5.91 Å². The third-order valence-corrected chi connectivity index (χ3v) is 10.7. The highest BCUT2D eigenvalue weighted by atomic mass is 16.5. The van der Waals surface area contributed by atoms with Crippen LogP contribution in [0.3, 0.4) is 0 Å². The van der Waals surface area contributed by atoms with Crippen LogP contribution in [0.5, 0.6) is 0 Å². The summed E-state index contributed by atoms with van der Waals surface area (Å²) in [6.07, 6.45) is -0.0981. The van der Waals surface area contributed by atoms with Gasteiger partial charge in [0.05, 0.1) is 48.4 Å². The van der Waals surface area contributed by atoms with E-state index in [1.165, 1.54) is 7.11 Å². The van der Waals surface area contributed by atoms with Crippen LogP contribution in [-0.2, 0) is 28.7 Å². The first-order chi connectivity index (χ1) is 24.4. The molecule has 4 amide bonds. The van der Waals surface area contributed by atoms with E-state index in [4.69, 9.17) is 9.47 Å². The van der Waals surface area contributed by atoms with E-state index in [0.29, 0.717) is 18.5 Å². The fraction of sp³-hybridized carbons (Fsp3) is 0.725. The normalized spacial score (nSPS) is 19.9. The maximum absolute atomic E-state index is 14.2. The van der Waals surface area contributed by atoms with Gasteiger partial charge in [-0.2, -0.15) is 0 Å². The summed E-state index contributed by atoms with van der Waals surface area (Å²) in [5, 5.41) is 13.8. The number of rotatable bonds is 19. The first-order valence-electron chi connectivity index (χ1n) is 18.8. The summed E-state index contributed by atoms with van der Waals surface area (Å²) in [7, 11) is 8.53. The second kappa shape index (κ2) is 20.9. The zero-order chi connectivity index (χ0) is 39.4. The van der Waals surface area contributed by atoms with Gasteiger partial charge in [0.15, 0.2) is 0 Å². The van der Waals surface area contributed by atoms with E-state index in [9.17, 15) is 24.3 Å². The lowest BCUT2D eigenvalue weighted by Gasteiger charge is -2.41. The van der Waals surface area contributed by atoms with Crippen LogP contribution in [0, 0.1) is 23.7 Å². The van der Waals surface area contributed by atoms with Crippen LogP contribution in [0.4, 0.5) is 0 Å². The Kier molecular flexibility index (Phi) is 18.1. The van der Waals surface area contributed by atoms with Crippen molar-refractivity contribution in [2.24, 2.45) is 28.7 Å². The van der Waals surface area contributed by atoms with E-state index in [0.717, 1.165) is 12.8 Å². The third-order valence-electron chi connectivity index (χ3n) is 10.7. The lowest BCUT2D eigenvalue weighted by molar-refractivity contribution is -0.147. The van der Waals surface area contributed by atoms with Gasteiger partial charge >= 0.3 is 0 Å². The molecule has 9 atom stereocenters. The van der Waals surface area contributed by atoms with Crippen LogP contribution in [-0.4, -0.2) is 127 Å². The van der Waals surface area contributed by atoms with Crippen LogP contribution in [0.25, 0.3) is 0 Å². The molecule has 0 aliphatic carbocycles. The van der Waals surface area contributed by atoms with E-state index in [1.54, 1.807) is 49.9 Å². The van der Waals surface area contributed by atoms with Gasteiger partial charge in [-0.3, -0.25) is 24.1 Å². The Labute approximate surface area is 312 Å². The van der Waals surface area contributed by atoms with Crippen molar-refractivity contribution in [3.05, 3.63) is 35.9 Å². The number of carbonyl (C=O) groups is 4. The minimum atomic E-state index is -1.01. The van der Waals surface area contributed by atoms with Gasteiger partial charge in [-0.1, -0.05) is 85.2 Å². The Morgan fingerprint density at radius 2 is 1.60 bits per heavy atom. The zero-order valence-electron chi connectivity index (χ0n) is 34.0. The van der Waals surface area contributed by atoms with Crippen molar-refractivity contribution >= 4 is 29.3 Å². The number of amides is 4. The molecule has 1 fully saturated rings. The molecule has 1 aliphatic heterocycles. The molecule has 0 aromatic heterocycles. The second-order valence-corrected chi connectivity index (χ2v) is 15.4. The molecule has 52 heavy (non-hydrogen) atoms. The van der Waals surface area contributed by atoms with Crippen LogP contribution < -0.4 is 5.32 Å². The van der Waals surface area contributed by atoms with E-state index < -0.39 is 48.3 Å². The van der Waals surface area contributed by atoms with Gasteiger partial charge in [-0.25, -0.2) is 4.99 Å². The number of benzene rings is 1. The van der Waals surface area contributed by atoms with Crippen molar-refractivity contribution < 1.29 is 33.8 Å². The smallest absolute Gasteiger partial charge is 0.251 e. The molecule has 2 N–H and O–H groups in total. The highest BCUT2D eigenvalue weighted by molar-refractivity contribution is 5.98. The molecule has 12 heteroatoms. The Morgan fingerprint density at radius 1 is 0.981 bits per heavy atom. The van der Waals surface area contributed by atoms with E-state index in [-0.39, 0.29) is 53.6 Å². The number of hydrogen-bond acceptors (Lipinski definition) is 8. The molecule has 0 radical (unpaired) electrons. The molecular formula is C40H67N5O7. The molecule has 1 heterocycles. The van der Waals surface area contributed by atoms with Crippen molar-refractivity contribution in [2.45, 2.75) is 124 Å². The standard InChI is InChI=1S/C40H67N5O7/c1-14-26(6)35(44(11)40(50)33(24(2)3)42-39(49)34(25(4)5)43(9)10)31(51-12)23-32(46)45-22-18-21-30(45)37(52-13)27(7)38(48)41-28(8)36(47)29-19-16-15-17-20-29/h15-17,19-20,24-27,30-31,33-37,47H,14,18,21-23H2,1-13H3,(H,42,49)/t26-,27?,30?,31+,33-,34?,35?,36?,37+/m0/s1. The predicted molar refractivity (Wildman–Crippen MR) is 205 cm³/mol. The average Bonchev–Trinajstić information content (AvgIpc) is 3.59. The molecule has 12 nitrogen and oxygen atoms in total. The molecule has 1 aromatic carbocycles. The quantitative estimate of drug-likeness (QED) is 0.200. The van der Waals surface area contributed by atoms with Gasteiger partial charge in [-0.15, -0.1) is 0 Å². The molecule has 0 saturated carbocycles. The average molecular weight is 730 g/mol. The highest BCUT2D eigenvalue weighted by Crippen LogP contribution is 2.30. The lowest BCUT2D eigenvalue weighted by Crippen LogP contribution is -2.59. The molecule has 1 aromatic rings. The number of likely N-dealkylation sites (tertiary alicyclic amines) is 1. The third kappa shape index (κ3) is 11.4. The Bertz CT molecular complexity index is 1330. The highest BCUT2D eigenvalue weighted by Gasteiger charge is 2.43. The van der Waals surface area contributed by atoms with Gasteiger partial charge in [-0.05, 0) is 57.2 Å². The molecular weight excluding hydrogens is 662 g/mol. The van der Waals surface area contributed by atoms with Crippen LogP contribution in [0.15, 0.2) is 35.3 Å². The molecule has 1 saturated heterocycles. The monoisotopic (exact) mass is 730 g/mol. The fourth-order valence-electron chi connectivity index (χ4n) is 7.62. The van der Waals surface area contributed by atoms with Crippen LogP contribution in [0.1, 0.15) is 92.7 Å². The Balaban J connectivity index is 2.29. The molecule has 1 aliphatic rings. The summed E-state index contributed by atoms with van der Waals surface area (Å²) >= 11 is 0. The maximum atomic E-state index is 14.2. The number of nitrogens with one attached hydrogen (secondary N) is 1. The minimum absolute atomic E-state index is 0.0215. The number of methoxy groups -OCH3 is 2. The molecule has 2 rings (SSSR count). The van der Waals surface area contributed by atoms with Crippen molar-refractivity contribution in [3.63, 3.8) is 0 Å². The largest absolute Gasteiger partial charge is 0.382 e. The van der Waals surface area contributed by atoms with Crippen molar-refractivity contribution in [1.82, 2.24) is 20.0 Å². The SMILES string of the molecule is CC[C@H](C)C([C@@H](CC(=O)N1CCCC1[C@H](OC)C(C)C(=O)N=C(C)C(O)c1ccccc1)OC)N(C)C(=O)[C@@H](NC(=O)C(C(C)C)N(C)C)C(C)C. The summed E-state index contributed by atoms with van der Waals surface area (Å²) < 4.78 is 11.9. The fourth-order valence-corrected chi connectivity index (χ4v) is 7.62. The van der Waals surface area contributed by atoms with Crippen molar-refractivity contribution in [2.75, 3.05) is 41.9 Å². The number of likely N-dealkylation sites (N-methyl/N-ethyl adjacent to an activating group) is 2. The molecule has 0 bridgehead atoms. The first kappa shape index (κ1) is 45.0. The second-order valence-electron chi connectivity index (χ2n) is 15.4. The number of ether oxygens (including phenoxy) is 2. The number of aliphatic hydroxyl groups is 1. The van der Waals surface area contributed by atoms with Crippen LogP contribution >= 0.6 is 0 Å². The van der Waals surface area contributed by atoms with E-state index in [1.807, 2.05) is 78.7 Å². The minimum Gasteiger partial charge on any atom is -0.382 e. The Morgan fingerprint density at radius 3 is 2.10 bits per heavy atom.